The van der Waals surface area contributed by atoms with Crippen molar-refractivity contribution >= 4 is 50.8 Å². The Hall–Kier alpha value is -3.33. The molecule has 0 unspecified atom stereocenters. The summed E-state index contributed by atoms with van der Waals surface area (Å²) in [6.07, 6.45) is 1.96. The molecule has 0 amide bonds. The lowest BCUT2D eigenvalue weighted by molar-refractivity contribution is 0.598. The van der Waals surface area contributed by atoms with Crippen molar-refractivity contribution in [3.05, 3.63) is 106 Å². The number of halogens is 2. The van der Waals surface area contributed by atoms with Gasteiger partial charge in [-0.15, -0.1) is 5.10 Å². The molecule has 0 bridgehead atoms. The van der Waals surface area contributed by atoms with Crippen LogP contribution in [-0.4, -0.2) is 23.2 Å². The Morgan fingerprint density at radius 3 is 2.33 bits per heavy atom. The van der Waals surface area contributed by atoms with E-state index < -0.39 is 16.1 Å². The smallest absolute Gasteiger partial charge is 0.264 e. The van der Waals surface area contributed by atoms with Gasteiger partial charge >= 0.3 is 0 Å². The van der Waals surface area contributed by atoms with Crippen LogP contribution in [0.5, 0.6) is 0 Å². The summed E-state index contributed by atoms with van der Waals surface area (Å²) in [6.45, 7) is 0. The number of nitrogens with zero attached hydrogens (tertiary/aromatic N) is 3. The topological polar surface area (TPSA) is 88.9 Å². The van der Waals surface area contributed by atoms with Gasteiger partial charge in [0.15, 0.2) is 0 Å². The number of anilines is 2. The molecule has 5 rings (SSSR count). The molecule has 0 saturated heterocycles. The molecule has 0 saturated carbocycles. The summed E-state index contributed by atoms with van der Waals surface area (Å²) >= 11 is 12.5. The second kappa shape index (κ2) is 8.55. The first-order valence-electron chi connectivity index (χ1n) is 9.94. The van der Waals surface area contributed by atoms with E-state index in [2.05, 4.69) is 20.1 Å². The molecule has 2 heterocycles. The van der Waals surface area contributed by atoms with Gasteiger partial charge in [0, 0.05) is 15.7 Å². The van der Waals surface area contributed by atoms with Gasteiger partial charge in [0.25, 0.3) is 16.0 Å². The first-order valence-corrected chi connectivity index (χ1v) is 12.2. The number of hydrogen-bond donors (Lipinski definition) is 2. The van der Waals surface area contributed by atoms with E-state index in [1.54, 1.807) is 41.1 Å². The SMILES string of the molecule is O=S(=O)(Nc1nc2n(n1)[C@H](c1ccccc1Cl)C=C(c1ccc(Cl)cc1)N2)c1ccccc1. The van der Waals surface area contributed by atoms with Crippen molar-refractivity contribution in [3.63, 3.8) is 0 Å². The molecule has 0 radical (unpaired) electrons. The van der Waals surface area contributed by atoms with E-state index in [-0.39, 0.29) is 10.8 Å². The maximum absolute atomic E-state index is 12.8. The molecule has 0 fully saturated rings. The predicted octanol–water partition coefficient (Wildman–Crippen LogP) is 5.44. The monoisotopic (exact) mass is 497 g/mol. The number of allylic oxidation sites excluding steroid dienone is 1. The minimum atomic E-state index is -3.85. The zero-order valence-corrected chi connectivity index (χ0v) is 19.3. The number of sulfonamides is 1. The van der Waals surface area contributed by atoms with E-state index in [1.165, 1.54) is 12.1 Å². The molecule has 1 atom stereocenters. The Balaban J connectivity index is 1.56. The van der Waals surface area contributed by atoms with Crippen LogP contribution in [0.25, 0.3) is 5.70 Å². The maximum atomic E-state index is 12.8. The standard InChI is InChI=1S/C23H17Cl2N5O2S/c24-16-12-10-15(11-13-16)20-14-21(18-8-4-5-9-19(18)25)30-23(26-20)27-22(28-30)29-33(31,32)17-6-2-1-3-7-17/h1-14,21H,(H2,26,27,28,29)/t21-/m0/s1. The van der Waals surface area contributed by atoms with Crippen molar-refractivity contribution in [2.24, 2.45) is 0 Å². The summed E-state index contributed by atoms with van der Waals surface area (Å²) in [5.41, 5.74) is 2.46. The average molecular weight is 498 g/mol. The molecular formula is C23H17Cl2N5O2S. The van der Waals surface area contributed by atoms with Crippen LogP contribution in [0.15, 0.2) is 89.8 Å². The lowest BCUT2D eigenvalue weighted by atomic mass is 10.0. The van der Waals surface area contributed by atoms with Crippen molar-refractivity contribution in [2.45, 2.75) is 10.9 Å². The van der Waals surface area contributed by atoms with Gasteiger partial charge in [0.1, 0.15) is 6.04 Å². The molecule has 33 heavy (non-hydrogen) atoms. The van der Waals surface area contributed by atoms with Gasteiger partial charge in [-0.05, 0) is 47.5 Å². The number of benzene rings is 3. The summed E-state index contributed by atoms with van der Waals surface area (Å²) in [5.74, 6) is 0.322. The van der Waals surface area contributed by atoms with E-state index in [9.17, 15) is 8.42 Å². The van der Waals surface area contributed by atoms with Gasteiger partial charge in [-0.3, -0.25) is 0 Å². The molecular weight excluding hydrogens is 481 g/mol. The fourth-order valence-corrected chi connectivity index (χ4v) is 4.88. The Morgan fingerprint density at radius 2 is 1.61 bits per heavy atom. The molecule has 3 aromatic carbocycles. The highest BCUT2D eigenvalue weighted by Crippen LogP contribution is 2.36. The van der Waals surface area contributed by atoms with Gasteiger partial charge in [-0.1, -0.05) is 71.7 Å². The van der Waals surface area contributed by atoms with Crippen LogP contribution < -0.4 is 10.0 Å². The highest BCUT2D eigenvalue weighted by Gasteiger charge is 2.28. The summed E-state index contributed by atoms with van der Waals surface area (Å²) in [5, 5.41) is 8.84. The Labute approximate surface area is 200 Å². The predicted molar refractivity (Wildman–Crippen MR) is 130 cm³/mol. The summed E-state index contributed by atoms with van der Waals surface area (Å²) in [6, 6.07) is 22.4. The quantitative estimate of drug-likeness (QED) is 0.383. The summed E-state index contributed by atoms with van der Waals surface area (Å²) in [4.78, 5) is 4.52. The second-order valence-electron chi connectivity index (χ2n) is 7.30. The highest BCUT2D eigenvalue weighted by atomic mass is 35.5. The van der Waals surface area contributed by atoms with Crippen LogP contribution in [0.4, 0.5) is 11.9 Å². The van der Waals surface area contributed by atoms with Crippen LogP contribution in [0.1, 0.15) is 17.2 Å². The molecule has 166 valence electrons. The fraction of sp³-hybridized carbons (Fsp3) is 0.0435. The third kappa shape index (κ3) is 4.32. The molecule has 2 N–H and O–H groups in total. The highest BCUT2D eigenvalue weighted by molar-refractivity contribution is 7.92. The van der Waals surface area contributed by atoms with Crippen molar-refractivity contribution in [2.75, 3.05) is 10.0 Å². The van der Waals surface area contributed by atoms with E-state index in [0.717, 1.165) is 16.8 Å². The second-order valence-corrected chi connectivity index (χ2v) is 9.83. The van der Waals surface area contributed by atoms with Gasteiger partial charge in [0.05, 0.1) is 4.90 Å². The Morgan fingerprint density at radius 1 is 0.909 bits per heavy atom. The van der Waals surface area contributed by atoms with Gasteiger partial charge in [-0.2, -0.15) is 4.98 Å². The zero-order valence-electron chi connectivity index (χ0n) is 17.0. The minimum absolute atomic E-state index is 0.0517. The molecule has 1 aliphatic rings. The number of aromatic nitrogens is 3. The molecule has 1 aliphatic heterocycles. The van der Waals surface area contributed by atoms with Gasteiger partial charge in [-0.25, -0.2) is 17.8 Å². The third-order valence-corrected chi connectivity index (χ3v) is 7.06. The van der Waals surface area contributed by atoms with Crippen LogP contribution in [0.2, 0.25) is 10.0 Å². The average Bonchev–Trinajstić information content (AvgIpc) is 3.21. The van der Waals surface area contributed by atoms with E-state index in [1.807, 2.05) is 36.4 Å². The number of fused-ring (bicyclic) bond motifs is 1. The van der Waals surface area contributed by atoms with Crippen molar-refractivity contribution < 1.29 is 8.42 Å². The molecule has 0 spiro atoms. The van der Waals surface area contributed by atoms with Crippen molar-refractivity contribution in [1.82, 2.24) is 14.8 Å². The molecule has 1 aromatic heterocycles. The van der Waals surface area contributed by atoms with Crippen LogP contribution >= 0.6 is 23.2 Å². The van der Waals surface area contributed by atoms with E-state index in [0.29, 0.717) is 16.0 Å². The van der Waals surface area contributed by atoms with Crippen LogP contribution in [0.3, 0.4) is 0 Å². The first-order chi connectivity index (χ1) is 15.9. The lowest BCUT2D eigenvalue weighted by Crippen LogP contribution is -2.20. The summed E-state index contributed by atoms with van der Waals surface area (Å²) in [7, 11) is -3.85. The summed E-state index contributed by atoms with van der Waals surface area (Å²) < 4.78 is 29.6. The number of hydrogen-bond acceptors (Lipinski definition) is 5. The van der Waals surface area contributed by atoms with Crippen molar-refractivity contribution in [3.8, 4) is 0 Å². The third-order valence-electron chi connectivity index (χ3n) is 5.12. The first kappa shape index (κ1) is 21.5. The maximum Gasteiger partial charge on any atom is 0.264 e. The molecule has 10 heteroatoms. The van der Waals surface area contributed by atoms with Crippen LogP contribution in [0, 0.1) is 0 Å². The molecule has 7 nitrogen and oxygen atoms in total. The minimum Gasteiger partial charge on any atom is -0.324 e. The van der Waals surface area contributed by atoms with E-state index >= 15 is 0 Å². The van der Waals surface area contributed by atoms with Crippen molar-refractivity contribution in [1.29, 1.82) is 0 Å². The lowest BCUT2D eigenvalue weighted by Gasteiger charge is -2.24. The van der Waals surface area contributed by atoms with Gasteiger partial charge in [0.2, 0.25) is 5.95 Å². The fourth-order valence-electron chi connectivity index (χ4n) is 3.55. The zero-order chi connectivity index (χ0) is 23.0. The van der Waals surface area contributed by atoms with Gasteiger partial charge < -0.3 is 5.32 Å². The normalized spacial score (nSPS) is 15.3. The Bertz CT molecular complexity index is 1450. The van der Waals surface area contributed by atoms with Crippen LogP contribution in [-0.2, 0) is 10.0 Å². The largest absolute Gasteiger partial charge is 0.324 e. The number of nitrogens with one attached hydrogen (secondary N) is 2. The Kier molecular flexibility index (Phi) is 5.57. The molecule has 4 aromatic rings. The van der Waals surface area contributed by atoms with E-state index in [4.69, 9.17) is 23.2 Å². The number of rotatable bonds is 5. The molecule has 0 aliphatic carbocycles.